The summed E-state index contributed by atoms with van der Waals surface area (Å²) in [5, 5.41) is 2.54. The van der Waals surface area contributed by atoms with Crippen LogP contribution >= 0.6 is 11.3 Å². The Morgan fingerprint density at radius 2 is 0.764 bits per heavy atom. The van der Waals surface area contributed by atoms with Gasteiger partial charge < -0.3 is 0 Å². The first-order chi connectivity index (χ1) is 27.2. The van der Waals surface area contributed by atoms with Gasteiger partial charge in [0, 0.05) is 48.0 Å². The maximum Gasteiger partial charge on any atom is 0.164 e. The van der Waals surface area contributed by atoms with Crippen LogP contribution in [0.2, 0.25) is 0 Å². The van der Waals surface area contributed by atoms with E-state index in [2.05, 4.69) is 121 Å². The lowest BCUT2D eigenvalue weighted by Gasteiger charge is -2.15. The normalized spacial score (nSPS) is 11.3. The third-order valence-electron chi connectivity index (χ3n) is 9.95. The van der Waals surface area contributed by atoms with Gasteiger partial charge in [0.15, 0.2) is 17.5 Å². The lowest BCUT2D eigenvalue weighted by Crippen LogP contribution is -2.01. The fourth-order valence-electron chi connectivity index (χ4n) is 7.19. The summed E-state index contributed by atoms with van der Waals surface area (Å²) >= 11 is 1.82. The summed E-state index contributed by atoms with van der Waals surface area (Å²) in [5.41, 5.74) is 11.0. The number of thiophene rings is 1. The first kappa shape index (κ1) is 32.6. The molecule has 0 saturated heterocycles. The Kier molecular flexibility index (Phi) is 8.32. The van der Waals surface area contributed by atoms with Gasteiger partial charge >= 0.3 is 0 Å². The predicted octanol–water partition coefficient (Wildman–Crippen LogP) is 13.3. The van der Waals surface area contributed by atoms with Crippen molar-refractivity contribution in [2.24, 2.45) is 0 Å². The molecule has 258 valence electrons. The Bertz CT molecular complexity index is 2850. The van der Waals surface area contributed by atoms with Gasteiger partial charge in [0.05, 0.1) is 11.4 Å². The van der Waals surface area contributed by atoms with Crippen LogP contribution in [-0.4, -0.2) is 19.9 Å². The Morgan fingerprint density at radius 3 is 1.36 bits per heavy atom. The molecule has 0 unspecified atom stereocenters. The van der Waals surface area contributed by atoms with Gasteiger partial charge in [-0.1, -0.05) is 164 Å². The minimum Gasteiger partial charge on any atom is -0.248 e. The lowest BCUT2D eigenvalue weighted by molar-refractivity contribution is 1.07. The zero-order chi connectivity index (χ0) is 36.6. The topological polar surface area (TPSA) is 51.6 Å². The average Bonchev–Trinajstić information content (AvgIpc) is 3.65. The Hall–Kier alpha value is -7.08. The minimum absolute atomic E-state index is 0.613. The van der Waals surface area contributed by atoms with E-state index < -0.39 is 0 Å². The van der Waals surface area contributed by atoms with Crippen LogP contribution in [0.3, 0.4) is 0 Å². The summed E-state index contributed by atoms with van der Waals surface area (Å²) in [6.45, 7) is 0. The van der Waals surface area contributed by atoms with E-state index >= 15 is 0 Å². The maximum atomic E-state index is 5.22. The Morgan fingerprint density at radius 1 is 0.273 bits per heavy atom. The van der Waals surface area contributed by atoms with Crippen LogP contribution in [0.4, 0.5) is 0 Å². The fraction of sp³-hybridized carbons (Fsp3) is 0. The molecule has 55 heavy (non-hydrogen) atoms. The van der Waals surface area contributed by atoms with Crippen molar-refractivity contribution >= 4 is 31.5 Å². The quantitative estimate of drug-likeness (QED) is 0.164. The zero-order valence-corrected chi connectivity index (χ0v) is 30.5. The summed E-state index contributed by atoms with van der Waals surface area (Å²) in [7, 11) is 0. The molecule has 0 amide bonds. The third kappa shape index (κ3) is 6.37. The lowest BCUT2D eigenvalue weighted by atomic mass is 9.93. The van der Waals surface area contributed by atoms with E-state index in [1.165, 1.54) is 20.2 Å². The molecule has 3 heterocycles. The molecule has 4 nitrogen and oxygen atoms in total. The standard InChI is InChI=1S/C50H32N4S/c1-5-15-33(16-6-1)44-30-39(31-45(51-44)34-17-7-2-8-18-34)37-25-27-40(38-26-28-42-41-23-13-14-24-46(41)55-47(42)32-38)43(29-37)50-53-48(35-19-9-3-10-20-35)52-49(54-50)36-21-11-4-12-22-36/h1-32H. The van der Waals surface area contributed by atoms with E-state index in [-0.39, 0.29) is 0 Å². The summed E-state index contributed by atoms with van der Waals surface area (Å²) in [6.07, 6.45) is 0. The number of fused-ring (bicyclic) bond motifs is 3. The van der Waals surface area contributed by atoms with Gasteiger partial charge in [-0.3, -0.25) is 0 Å². The molecular formula is C50H32N4S. The highest BCUT2D eigenvalue weighted by atomic mass is 32.1. The summed E-state index contributed by atoms with van der Waals surface area (Å²) in [6, 6.07) is 67.5. The van der Waals surface area contributed by atoms with Crippen LogP contribution in [0, 0.1) is 0 Å². The molecule has 5 heteroatoms. The Labute approximate surface area is 323 Å². The van der Waals surface area contributed by atoms with E-state index in [1.54, 1.807) is 0 Å². The molecule has 10 rings (SSSR count). The molecular weight excluding hydrogens is 689 g/mol. The molecule has 0 fully saturated rings. The number of rotatable bonds is 7. The van der Waals surface area contributed by atoms with Crippen molar-refractivity contribution in [3.05, 3.63) is 194 Å². The second-order valence-electron chi connectivity index (χ2n) is 13.5. The molecule has 0 aliphatic carbocycles. The maximum absolute atomic E-state index is 5.22. The predicted molar refractivity (Wildman–Crippen MR) is 229 cm³/mol. The number of pyridine rings is 1. The van der Waals surface area contributed by atoms with E-state index in [1.807, 2.05) is 84.1 Å². The van der Waals surface area contributed by atoms with Crippen molar-refractivity contribution in [3.63, 3.8) is 0 Å². The third-order valence-corrected chi connectivity index (χ3v) is 11.1. The minimum atomic E-state index is 0.613. The second-order valence-corrected chi connectivity index (χ2v) is 14.5. The smallest absolute Gasteiger partial charge is 0.164 e. The van der Waals surface area contributed by atoms with Gasteiger partial charge in [-0.15, -0.1) is 11.3 Å². The van der Waals surface area contributed by atoms with Gasteiger partial charge in [-0.25, -0.2) is 19.9 Å². The number of hydrogen-bond donors (Lipinski definition) is 0. The first-order valence-corrected chi connectivity index (χ1v) is 19.1. The molecule has 3 aromatic heterocycles. The summed E-state index contributed by atoms with van der Waals surface area (Å²) < 4.78 is 2.53. The van der Waals surface area contributed by atoms with Gasteiger partial charge in [-0.2, -0.15) is 0 Å². The highest BCUT2D eigenvalue weighted by Crippen LogP contribution is 2.41. The molecule has 0 atom stereocenters. The van der Waals surface area contributed by atoms with Gasteiger partial charge in [0.2, 0.25) is 0 Å². The fourth-order valence-corrected chi connectivity index (χ4v) is 8.34. The largest absolute Gasteiger partial charge is 0.248 e. The van der Waals surface area contributed by atoms with Crippen molar-refractivity contribution in [3.8, 4) is 78.9 Å². The monoisotopic (exact) mass is 720 g/mol. The number of benzene rings is 7. The number of hydrogen-bond acceptors (Lipinski definition) is 5. The molecule has 7 aromatic carbocycles. The zero-order valence-electron chi connectivity index (χ0n) is 29.7. The van der Waals surface area contributed by atoms with Crippen molar-refractivity contribution < 1.29 is 0 Å². The van der Waals surface area contributed by atoms with Crippen LogP contribution < -0.4 is 0 Å². The molecule has 0 bridgehead atoms. The van der Waals surface area contributed by atoms with Crippen LogP contribution in [0.15, 0.2) is 194 Å². The summed E-state index contributed by atoms with van der Waals surface area (Å²) in [5.74, 6) is 1.87. The highest BCUT2D eigenvalue weighted by molar-refractivity contribution is 7.25. The molecule has 0 aliphatic heterocycles. The number of aromatic nitrogens is 4. The van der Waals surface area contributed by atoms with Crippen molar-refractivity contribution in [1.82, 2.24) is 19.9 Å². The molecule has 10 aromatic rings. The van der Waals surface area contributed by atoms with E-state index in [9.17, 15) is 0 Å². The van der Waals surface area contributed by atoms with Crippen molar-refractivity contribution in [2.75, 3.05) is 0 Å². The first-order valence-electron chi connectivity index (χ1n) is 18.3. The number of nitrogens with zero attached hydrogens (tertiary/aromatic N) is 4. The molecule has 0 saturated carbocycles. The van der Waals surface area contributed by atoms with E-state index in [4.69, 9.17) is 19.9 Å². The Balaban J connectivity index is 1.22. The van der Waals surface area contributed by atoms with Crippen molar-refractivity contribution in [1.29, 1.82) is 0 Å². The van der Waals surface area contributed by atoms with Gasteiger partial charge in [0.1, 0.15) is 0 Å². The SMILES string of the molecule is c1ccc(-c2cc(-c3ccc(-c4ccc5c(c4)sc4ccccc45)c(-c4nc(-c5ccccc5)nc(-c5ccccc5)n4)c3)cc(-c3ccccc3)n2)cc1. The summed E-state index contributed by atoms with van der Waals surface area (Å²) in [4.78, 5) is 20.6. The van der Waals surface area contributed by atoms with Crippen LogP contribution in [0.1, 0.15) is 0 Å². The molecule has 0 radical (unpaired) electrons. The average molecular weight is 721 g/mol. The molecule has 0 N–H and O–H groups in total. The highest BCUT2D eigenvalue weighted by Gasteiger charge is 2.19. The van der Waals surface area contributed by atoms with Gasteiger partial charge in [0.25, 0.3) is 0 Å². The van der Waals surface area contributed by atoms with Crippen molar-refractivity contribution in [2.45, 2.75) is 0 Å². The van der Waals surface area contributed by atoms with Gasteiger partial charge in [-0.05, 0) is 52.6 Å². The van der Waals surface area contributed by atoms with Crippen LogP contribution in [0.5, 0.6) is 0 Å². The molecule has 0 aliphatic rings. The molecule has 0 spiro atoms. The van der Waals surface area contributed by atoms with Crippen LogP contribution in [-0.2, 0) is 0 Å². The van der Waals surface area contributed by atoms with Crippen LogP contribution in [0.25, 0.3) is 99.1 Å². The van der Waals surface area contributed by atoms with E-state index in [0.717, 1.165) is 61.5 Å². The second kappa shape index (κ2) is 14.0. The van der Waals surface area contributed by atoms with E-state index in [0.29, 0.717) is 17.5 Å².